The number of ether oxygens (including phenoxy) is 1. The van der Waals surface area contributed by atoms with Gasteiger partial charge in [0.1, 0.15) is 11.4 Å². The number of aliphatic hydroxyl groups is 2. The summed E-state index contributed by atoms with van der Waals surface area (Å²) in [5.41, 5.74) is 7.37. The number of nitrogens with one attached hydrogen (secondary N) is 1. The Morgan fingerprint density at radius 2 is 1.91 bits per heavy atom. The van der Waals surface area contributed by atoms with Crippen LogP contribution >= 0.6 is 0 Å². The van der Waals surface area contributed by atoms with E-state index in [2.05, 4.69) is 10.2 Å². The number of nitro benzene ring substituents is 1. The second kappa shape index (κ2) is 11.6. The first kappa shape index (κ1) is 26.8. The van der Waals surface area contributed by atoms with Gasteiger partial charge in [-0.1, -0.05) is 0 Å². The number of non-ortho nitro benzene ring substituents is 1. The quantitative estimate of drug-likeness (QED) is 0.291. The summed E-state index contributed by atoms with van der Waals surface area (Å²) in [4.78, 5) is 23.5. The highest BCUT2D eigenvalue weighted by Gasteiger charge is 2.27. The number of alkyl carbamates (subject to hydrolysis) is 1. The topological polar surface area (TPSA) is 151 Å². The zero-order valence-corrected chi connectivity index (χ0v) is 19.5. The van der Waals surface area contributed by atoms with Crippen molar-refractivity contribution < 1.29 is 29.1 Å². The lowest BCUT2D eigenvalue weighted by atomic mass is 10.1. The Bertz CT molecular complexity index is 1010. The van der Waals surface area contributed by atoms with E-state index in [9.17, 15) is 24.4 Å². The number of carbonyl (C=O) groups is 1. The van der Waals surface area contributed by atoms with E-state index in [1.807, 2.05) is 32.9 Å². The van der Waals surface area contributed by atoms with E-state index in [1.165, 1.54) is 0 Å². The summed E-state index contributed by atoms with van der Waals surface area (Å²) in [6.07, 6.45) is 0.452. The molecule has 1 atom stereocenters. The van der Waals surface area contributed by atoms with Crippen molar-refractivity contribution >= 4 is 23.2 Å². The zero-order chi connectivity index (χ0) is 25.5. The van der Waals surface area contributed by atoms with Crippen molar-refractivity contribution in [3.8, 4) is 0 Å². The maximum absolute atomic E-state index is 12.7. The van der Waals surface area contributed by atoms with Crippen LogP contribution in [-0.4, -0.2) is 46.0 Å². The average Bonchev–Trinajstić information content (AvgIpc) is 3.20. The Kier molecular flexibility index (Phi) is 9.16. The van der Waals surface area contributed by atoms with Crippen LogP contribution in [0.25, 0.3) is 0 Å². The first-order valence-electron chi connectivity index (χ1n) is 10.7. The molecule has 2 aromatic rings. The van der Waals surface area contributed by atoms with Gasteiger partial charge in [0.15, 0.2) is 0 Å². The maximum atomic E-state index is 12.7. The highest BCUT2D eigenvalue weighted by molar-refractivity contribution is 5.68. The molecule has 1 saturated heterocycles. The summed E-state index contributed by atoms with van der Waals surface area (Å²) < 4.78 is 17.9. The van der Waals surface area contributed by atoms with E-state index in [4.69, 9.17) is 15.6 Å². The van der Waals surface area contributed by atoms with E-state index < -0.39 is 22.9 Å². The second-order valence-electron chi connectivity index (χ2n) is 8.82. The molecule has 1 heterocycles. The molecule has 0 saturated carbocycles. The number of hydrogen-bond acceptors (Lipinski definition) is 8. The highest BCUT2D eigenvalue weighted by atomic mass is 19.1. The van der Waals surface area contributed by atoms with Crippen LogP contribution in [0.4, 0.5) is 26.2 Å². The number of halogens is 1. The number of carbonyl (C=O) groups excluding carboxylic acids is 1. The summed E-state index contributed by atoms with van der Waals surface area (Å²) in [5.74, 6) is -0.636. The van der Waals surface area contributed by atoms with E-state index in [0.717, 1.165) is 42.4 Å². The molecular formula is C23H31FN4O6. The summed E-state index contributed by atoms with van der Waals surface area (Å²) in [6, 6.07) is 8.58. The molecule has 2 aromatic carbocycles. The van der Waals surface area contributed by atoms with Gasteiger partial charge in [-0.05, 0) is 51.5 Å². The van der Waals surface area contributed by atoms with Crippen molar-refractivity contribution in [2.75, 3.05) is 23.7 Å². The fourth-order valence-corrected chi connectivity index (χ4v) is 3.41. The summed E-state index contributed by atoms with van der Waals surface area (Å²) >= 11 is 0. The third-order valence-electron chi connectivity index (χ3n) is 4.93. The van der Waals surface area contributed by atoms with E-state index in [1.54, 1.807) is 6.07 Å². The van der Waals surface area contributed by atoms with Gasteiger partial charge in [0.05, 0.1) is 24.2 Å². The number of hydrogen-bond donors (Lipinski definition) is 4. The highest BCUT2D eigenvalue weighted by Crippen LogP contribution is 2.27. The molecule has 0 bridgehead atoms. The van der Waals surface area contributed by atoms with Crippen LogP contribution in [-0.2, 0) is 18.0 Å². The number of nitrogens with zero attached hydrogens (tertiary/aromatic N) is 2. The Balaban J connectivity index is 0.000000287. The minimum absolute atomic E-state index is 0.0407. The molecule has 1 aliphatic rings. The number of rotatable bonds is 5. The fourth-order valence-electron chi connectivity index (χ4n) is 3.41. The monoisotopic (exact) mass is 478 g/mol. The standard InChI is InChI=1S/C16H25N3O3.C7H6FNO3/c1-16(2,3)22-15(21)18-13-6-7-19(9-13)14-5-4-12(17)8-11(14)10-20;8-7-2-1-6(9(11)12)3-5(7)4-10/h4-5,8,13,20H,6-7,9-10,17H2,1-3H3,(H,18,21);1-3,10H,4H2/t13-;/m1./s1. The van der Waals surface area contributed by atoms with Crippen LogP contribution in [0.3, 0.4) is 0 Å². The van der Waals surface area contributed by atoms with Gasteiger partial charge in [-0.3, -0.25) is 10.1 Å². The lowest BCUT2D eigenvalue weighted by Gasteiger charge is -2.23. The summed E-state index contributed by atoms with van der Waals surface area (Å²) in [7, 11) is 0. The maximum Gasteiger partial charge on any atom is 0.407 e. The predicted octanol–water partition coefficient (Wildman–Crippen LogP) is 3.09. The molecule has 10 nitrogen and oxygen atoms in total. The Labute approximate surface area is 197 Å². The molecule has 0 aromatic heterocycles. The van der Waals surface area contributed by atoms with Gasteiger partial charge in [-0.2, -0.15) is 0 Å². The molecule has 11 heteroatoms. The lowest BCUT2D eigenvalue weighted by Crippen LogP contribution is -2.40. The smallest absolute Gasteiger partial charge is 0.407 e. The van der Waals surface area contributed by atoms with Crippen LogP contribution in [0, 0.1) is 15.9 Å². The zero-order valence-electron chi connectivity index (χ0n) is 19.5. The number of nitrogen functional groups attached to an aromatic ring is 1. The van der Waals surface area contributed by atoms with Crippen molar-refractivity contribution in [3.63, 3.8) is 0 Å². The van der Waals surface area contributed by atoms with Crippen molar-refractivity contribution in [1.29, 1.82) is 0 Å². The normalized spacial score (nSPS) is 15.4. The van der Waals surface area contributed by atoms with Gasteiger partial charge in [0.25, 0.3) is 5.69 Å². The van der Waals surface area contributed by atoms with Crippen LogP contribution in [0.2, 0.25) is 0 Å². The van der Waals surface area contributed by atoms with E-state index in [0.29, 0.717) is 12.2 Å². The van der Waals surface area contributed by atoms with Crippen LogP contribution in [0.15, 0.2) is 36.4 Å². The van der Waals surface area contributed by atoms with Crippen LogP contribution in [0.1, 0.15) is 38.3 Å². The number of amides is 1. The molecule has 5 N–H and O–H groups in total. The molecule has 3 rings (SSSR count). The molecule has 34 heavy (non-hydrogen) atoms. The minimum atomic E-state index is -0.640. The third kappa shape index (κ3) is 7.85. The first-order valence-corrected chi connectivity index (χ1v) is 10.7. The van der Waals surface area contributed by atoms with Crippen molar-refractivity contribution in [3.05, 3.63) is 63.5 Å². The van der Waals surface area contributed by atoms with E-state index >= 15 is 0 Å². The molecule has 1 fully saturated rings. The molecule has 0 radical (unpaired) electrons. The number of nitro groups is 1. The van der Waals surface area contributed by atoms with Gasteiger partial charge in [0, 0.05) is 47.7 Å². The third-order valence-corrected chi connectivity index (χ3v) is 4.93. The first-order chi connectivity index (χ1) is 15.9. The molecule has 0 spiro atoms. The van der Waals surface area contributed by atoms with Crippen molar-refractivity contribution in [1.82, 2.24) is 5.32 Å². The fraction of sp³-hybridized carbons (Fsp3) is 0.435. The van der Waals surface area contributed by atoms with Gasteiger partial charge in [0.2, 0.25) is 0 Å². The SMILES string of the molecule is CC(C)(C)OC(=O)N[C@@H]1CCN(c2ccc(N)cc2CO)C1.O=[N+]([O-])c1ccc(F)c(CO)c1. The second-order valence-corrected chi connectivity index (χ2v) is 8.82. The van der Waals surface area contributed by atoms with Crippen molar-refractivity contribution in [2.24, 2.45) is 0 Å². The Morgan fingerprint density at radius 1 is 1.24 bits per heavy atom. The van der Waals surface area contributed by atoms with Crippen LogP contribution < -0.4 is 16.0 Å². The Morgan fingerprint density at radius 3 is 2.50 bits per heavy atom. The average molecular weight is 479 g/mol. The number of nitrogens with two attached hydrogens (primary N) is 1. The molecule has 0 unspecified atom stereocenters. The minimum Gasteiger partial charge on any atom is -0.444 e. The molecule has 0 aliphatic carbocycles. The molecular weight excluding hydrogens is 447 g/mol. The van der Waals surface area contributed by atoms with Gasteiger partial charge in [-0.15, -0.1) is 0 Å². The lowest BCUT2D eigenvalue weighted by molar-refractivity contribution is -0.385. The molecule has 1 aliphatic heterocycles. The summed E-state index contributed by atoms with van der Waals surface area (Å²) in [5, 5.41) is 31.1. The molecule has 1 amide bonds. The Hall–Kier alpha value is -3.44. The van der Waals surface area contributed by atoms with Crippen LogP contribution in [0.5, 0.6) is 0 Å². The van der Waals surface area contributed by atoms with Gasteiger partial charge >= 0.3 is 6.09 Å². The largest absolute Gasteiger partial charge is 0.444 e. The summed E-state index contributed by atoms with van der Waals surface area (Å²) in [6.45, 7) is 6.45. The number of benzene rings is 2. The number of aliphatic hydroxyl groups excluding tert-OH is 2. The van der Waals surface area contributed by atoms with E-state index in [-0.39, 0.29) is 30.0 Å². The number of anilines is 2. The predicted molar refractivity (Wildman–Crippen MR) is 126 cm³/mol. The van der Waals surface area contributed by atoms with Crippen molar-refractivity contribution in [2.45, 2.75) is 52.0 Å². The van der Waals surface area contributed by atoms with Gasteiger partial charge < -0.3 is 30.9 Å². The molecule has 186 valence electrons. The van der Waals surface area contributed by atoms with Gasteiger partial charge in [-0.25, -0.2) is 9.18 Å².